The third kappa shape index (κ3) is 5.74. The summed E-state index contributed by atoms with van der Waals surface area (Å²) in [5, 5.41) is 1.73. The lowest BCUT2D eigenvalue weighted by Crippen LogP contribution is -2.46. The normalized spacial score (nSPS) is 12.5. The van der Waals surface area contributed by atoms with E-state index in [4.69, 9.17) is 10.5 Å². The lowest BCUT2D eigenvalue weighted by Gasteiger charge is -2.20. The monoisotopic (exact) mass is 393 g/mol. The smallest absolute Gasteiger partial charge is 0.321 e. The molecule has 4 N–H and O–H groups in total. The van der Waals surface area contributed by atoms with Crippen LogP contribution in [-0.4, -0.2) is 39.0 Å². The Labute approximate surface area is 147 Å². The Morgan fingerprint density at radius 3 is 2.19 bits per heavy atom. The van der Waals surface area contributed by atoms with Gasteiger partial charge in [0.2, 0.25) is 10.0 Å². The van der Waals surface area contributed by atoms with Gasteiger partial charge in [-0.3, -0.25) is 14.9 Å². The van der Waals surface area contributed by atoms with E-state index in [-0.39, 0.29) is 0 Å². The average molecular weight is 393 g/mol. The summed E-state index contributed by atoms with van der Waals surface area (Å²) >= 11 is 0. The van der Waals surface area contributed by atoms with E-state index in [0.29, 0.717) is 0 Å². The van der Waals surface area contributed by atoms with Crippen molar-refractivity contribution in [2.24, 2.45) is 11.7 Å². The SMILES string of the molecule is CC(C)[C@@H](OC(=O)CNS(=O)(=O)c1c(F)cccc1F)C(=O)NC(N)=O. The minimum Gasteiger partial charge on any atom is -0.451 e. The van der Waals surface area contributed by atoms with E-state index >= 15 is 0 Å². The number of benzene rings is 1. The second-order valence-corrected chi connectivity index (χ2v) is 7.09. The highest BCUT2D eigenvalue weighted by atomic mass is 32.2. The number of carbonyl (C=O) groups is 3. The van der Waals surface area contributed by atoms with Crippen LogP contribution in [0, 0.1) is 17.6 Å². The summed E-state index contributed by atoms with van der Waals surface area (Å²) in [6.45, 7) is 2.00. The molecule has 0 bridgehead atoms. The van der Waals surface area contributed by atoms with E-state index < -0.39 is 63.0 Å². The van der Waals surface area contributed by atoms with Gasteiger partial charge in [0.05, 0.1) is 0 Å². The van der Waals surface area contributed by atoms with Crippen molar-refractivity contribution in [3.05, 3.63) is 29.8 Å². The van der Waals surface area contributed by atoms with Gasteiger partial charge in [0, 0.05) is 0 Å². The number of primary amides is 1. The second-order valence-electron chi connectivity index (χ2n) is 5.38. The van der Waals surface area contributed by atoms with Gasteiger partial charge in [0.25, 0.3) is 5.91 Å². The van der Waals surface area contributed by atoms with Gasteiger partial charge < -0.3 is 10.5 Å². The number of nitrogens with two attached hydrogens (primary N) is 1. The maximum atomic E-state index is 13.5. The van der Waals surface area contributed by atoms with Crippen LogP contribution in [0.1, 0.15) is 13.8 Å². The van der Waals surface area contributed by atoms with Gasteiger partial charge in [-0.25, -0.2) is 22.0 Å². The number of ether oxygens (including phenoxy) is 1. The fraction of sp³-hybridized carbons (Fsp3) is 0.357. The zero-order valence-electron chi connectivity index (χ0n) is 13.8. The van der Waals surface area contributed by atoms with Crippen LogP contribution in [0.2, 0.25) is 0 Å². The Bertz CT molecular complexity index is 793. The van der Waals surface area contributed by atoms with E-state index in [2.05, 4.69) is 0 Å². The number of halogens is 2. The second kappa shape index (κ2) is 8.67. The van der Waals surface area contributed by atoms with Gasteiger partial charge in [0.15, 0.2) is 11.0 Å². The molecule has 0 saturated heterocycles. The van der Waals surface area contributed by atoms with E-state index in [9.17, 15) is 31.6 Å². The molecule has 0 heterocycles. The van der Waals surface area contributed by atoms with Crippen molar-refractivity contribution >= 4 is 27.9 Å². The molecule has 3 amide bonds. The summed E-state index contributed by atoms with van der Waals surface area (Å²) in [6.07, 6.45) is -1.43. The number of carbonyl (C=O) groups excluding carboxylic acids is 3. The van der Waals surface area contributed by atoms with Gasteiger partial charge in [0.1, 0.15) is 18.2 Å². The summed E-state index contributed by atoms with van der Waals surface area (Å²) in [7, 11) is -4.69. The van der Waals surface area contributed by atoms with Gasteiger partial charge in [-0.1, -0.05) is 19.9 Å². The van der Waals surface area contributed by atoms with E-state index in [0.717, 1.165) is 18.2 Å². The molecule has 0 fully saturated rings. The summed E-state index contributed by atoms with van der Waals surface area (Å²) in [5.41, 5.74) is 4.80. The molecule has 26 heavy (non-hydrogen) atoms. The molecule has 0 aromatic heterocycles. The third-order valence-electron chi connectivity index (χ3n) is 2.96. The van der Waals surface area contributed by atoms with Crippen LogP contribution in [0.5, 0.6) is 0 Å². The van der Waals surface area contributed by atoms with Crippen LogP contribution in [0.15, 0.2) is 23.1 Å². The van der Waals surface area contributed by atoms with E-state index in [1.165, 1.54) is 13.8 Å². The molecule has 1 atom stereocenters. The number of nitrogens with one attached hydrogen (secondary N) is 2. The highest BCUT2D eigenvalue weighted by molar-refractivity contribution is 7.89. The van der Waals surface area contributed by atoms with E-state index in [1.807, 2.05) is 0 Å². The van der Waals surface area contributed by atoms with Crippen LogP contribution in [0.3, 0.4) is 0 Å². The van der Waals surface area contributed by atoms with Gasteiger partial charge in [-0.15, -0.1) is 0 Å². The molecule has 0 radical (unpaired) electrons. The zero-order chi connectivity index (χ0) is 20.1. The molecule has 1 rings (SSSR count). The molecule has 0 aliphatic rings. The molecule has 0 aliphatic heterocycles. The van der Waals surface area contributed by atoms with E-state index in [1.54, 1.807) is 10.0 Å². The molecule has 1 aromatic rings. The molecule has 0 spiro atoms. The fourth-order valence-corrected chi connectivity index (χ4v) is 2.94. The molecule has 9 nitrogen and oxygen atoms in total. The number of hydrogen-bond donors (Lipinski definition) is 3. The van der Waals surface area contributed by atoms with Crippen molar-refractivity contribution in [2.75, 3.05) is 6.54 Å². The highest BCUT2D eigenvalue weighted by Crippen LogP contribution is 2.17. The zero-order valence-corrected chi connectivity index (χ0v) is 14.6. The third-order valence-corrected chi connectivity index (χ3v) is 4.41. The van der Waals surface area contributed by atoms with Crippen molar-refractivity contribution in [2.45, 2.75) is 24.8 Å². The maximum Gasteiger partial charge on any atom is 0.321 e. The van der Waals surface area contributed by atoms with Gasteiger partial charge >= 0.3 is 12.0 Å². The number of imide groups is 1. The lowest BCUT2D eigenvalue weighted by molar-refractivity contribution is -0.157. The molecular formula is C14H17F2N3O6S. The molecule has 1 aromatic carbocycles. The summed E-state index contributed by atoms with van der Waals surface area (Å²) in [6, 6.07) is 1.29. The van der Waals surface area contributed by atoms with Crippen LogP contribution in [0.25, 0.3) is 0 Å². The van der Waals surface area contributed by atoms with Crippen molar-refractivity contribution in [1.29, 1.82) is 0 Å². The number of esters is 1. The Balaban J connectivity index is 2.81. The molecule has 0 saturated carbocycles. The van der Waals surface area contributed by atoms with Gasteiger partial charge in [-0.05, 0) is 18.1 Å². The van der Waals surface area contributed by atoms with Crippen molar-refractivity contribution in [1.82, 2.24) is 10.0 Å². The Morgan fingerprint density at radius 1 is 1.19 bits per heavy atom. The van der Waals surface area contributed by atoms with Crippen LogP contribution in [-0.2, 0) is 24.3 Å². The quantitative estimate of drug-likeness (QED) is 0.556. The number of amides is 3. The van der Waals surface area contributed by atoms with Crippen LogP contribution in [0.4, 0.5) is 13.6 Å². The summed E-state index contributed by atoms with van der Waals surface area (Å²) in [5.74, 6) is -5.45. The molecule has 12 heteroatoms. The first-order valence-electron chi connectivity index (χ1n) is 7.19. The first-order valence-corrected chi connectivity index (χ1v) is 8.67. The molecular weight excluding hydrogens is 376 g/mol. The summed E-state index contributed by atoms with van der Waals surface area (Å²) < 4.78 is 57.4. The molecule has 0 aliphatic carbocycles. The minimum absolute atomic E-state index is 0.570. The first kappa shape index (κ1) is 21.4. The summed E-state index contributed by atoms with van der Waals surface area (Å²) in [4.78, 5) is 32.9. The Kier molecular flexibility index (Phi) is 7.15. The molecule has 144 valence electrons. The van der Waals surface area contributed by atoms with Gasteiger partial charge in [-0.2, -0.15) is 4.72 Å². The number of hydrogen-bond acceptors (Lipinski definition) is 6. The van der Waals surface area contributed by atoms with Crippen LogP contribution < -0.4 is 15.8 Å². The largest absolute Gasteiger partial charge is 0.451 e. The van der Waals surface area contributed by atoms with Crippen molar-refractivity contribution in [3.63, 3.8) is 0 Å². The lowest BCUT2D eigenvalue weighted by atomic mass is 10.1. The Hall–Kier alpha value is -2.60. The predicted molar refractivity (Wildman–Crippen MR) is 84.0 cm³/mol. The van der Waals surface area contributed by atoms with Crippen LogP contribution >= 0.6 is 0 Å². The maximum absolute atomic E-state index is 13.5. The Morgan fingerprint density at radius 2 is 1.73 bits per heavy atom. The number of rotatable bonds is 7. The van der Waals surface area contributed by atoms with Crippen molar-refractivity contribution < 1.29 is 36.3 Å². The first-order chi connectivity index (χ1) is 12.0. The highest BCUT2D eigenvalue weighted by Gasteiger charge is 2.29. The van der Waals surface area contributed by atoms with Crippen molar-refractivity contribution in [3.8, 4) is 0 Å². The number of sulfonamides is 1. The standard InChI is InChI=1S/C14H17F2N3O6S/c1-7(2)11(13(21)19-14(17)22)25-10(20)6-18-26(23,24)12-8(15)4-3-5-9(12)16/h3-5,7,11,18H,6H2,1-2H3,(H3,17,19,21,22)/t11-/m1/s1. The predicted octanol–water partition coefficient (Wildman–Crippen LogP) is 0.00580. The average Bonchev–Trinajstić information content (AvgIpc) is 2.49. The topological polar surface area (TPSA) is 145 Å². The number of urea groups is 1. The fourth-order valence-electron chi connectivity index (χ4n) is 1.83. The minimum atomic E-state index is -4.69. The molecule has 0 unspecified atom stereocenters.